The Hall–Kier alpha value is -3.38. The average molecular weight is 532 g/mol. The Bertz CT molecular complexity index is 1250. The number of carbonyl (C=O) groups is 3. The van der Waals surface area contributed by atoms with E-state index in [1.54, 1.807) is 6.92 Å². The molecule has 192 valence electrons. The number of esters is 1. The summed E-state index contributed by atoms with van der Waals surface area (Å²) in [6.07, 6.45) is 0. The molecule has 0 spiro atoms. The first-order chi connectivity index (χ1) is 17.2. The van der Waals surface area contributed by atoms with Crippen LogP contribution in [-0.4, -0.2) is 52.0 Å². The zero-order valence-electron chi connectivity index (χ0n) is 20.8. The molecule has 3 aromatic rings. The minimum atomic E-state index is -0.680. The van der Waals surface area contributed by atoms with Gasteiger partial charge in [-0.15, -0.1) is 21.5 Å². The molecular weight excluding hydrogens is 502 g/mol. The van der Waals surface area contributed by atoms with Crippen molar-refractivity contribution in [1.82, 2.24) is 14.8 Å². The van der Waals surface area contributed by atoms with Crippen LogP contribution in [0.25, 0.3) is 11.4 Å². The van der Waals surface area contributed by atoms with E-state index in [0.29, 0.717) is 35.6 Å². The normalized spacial score (nSPS) is 10.9. The molecule has 0 fully saturated rings. The number of nitrogens with one attached hydrogen (secondary N) is 1. The maximum absolute atomic E-state index is 12.7. The number of methoxy groups -OCH3 is 1. The Labute approximate surface area is 217 Å². The lowest BCUT2D eigenvalue weighted by Crippen LogP contribution is -2.16. The summed E-state index contributed by atoms with van der Waals surface area (Å²) < 4.78 is 12.5. The lowest BCUT2D eigenvalue weighted by molar-refractivity contribution is -0.113. The van der Waals surface area contributed by atoms with Crippen molar-refractivity contribution < 1.29 is 23.9 Å². The molecule has 0 saturated heterocycles. The van der Waals surface area contributed by atoms with E-state index in [9.17, 15) is 14.4 Å². The van der Waals surface area contributed by atoms with E-state index in [2.05, 4.69) is 29.4 Å². The molecule has 2 aromatic heterocycles. The van der Waals surface area contributed by atoms with Gasteiger partial charge in [0.05, 0.1) is 29.9 Å². The number of anilines is 1. The maximum atomic E-state index is 12.7. The number of nitrogens with two attached hydrogens (primary N) is 1. The third kappa shape index (κ3) is 6.24. The molecule has 0 bridgehead atoms. The van der Waals surface area contributed by atoms with Crippen LogP contribution in [0.3, 0.4) is 0 Å². The monoisotopic (exact) mass is 531 g/mol. The Morgan fingerprint density at radius 2 is 1.89 bits per heavy atom. The first-order valence-electron chi connectivity index (χ1n) is 11.3. The van der Waals surface area contributed by atoms with Gasteiger partial charge in [-0.1, -0.05) is 25.6 Å². The van der Waals surface area contributed by atoms with Gasteiger partial charge in [0, 0.05) is 12.1 Å². The summed E-state index contributed by atoms with van der Waals surface area (Å²) in [5, 5.41) is 12.1. The predicted molar refractivity (Wildman–Crippen MR) is 140 cm³/mol. The molecule has 0 aliphatic carbocycles. The van der Waals surface area contributed by atoms with Crippen molar-refractivity contribution in [1.29, 1.82) is 0 Å². The highest BCUT2D eigenvalue weighted by Gasteiger charge is 2.25. The van der Waals surface area contributed by atoms with Crippen molar-refractivity contribution in [3.05, 3.63) is 40.3 Å². The zero-order chi connectivity index (χ0) is 26.4. The van der Waals surface area contributed by atoms with Crippen LogP contribution >= 0.6 is 23.1 Å². The number of rotatable bonds is 11. The highest BCUT2D eigenvalue weighted by atomic mass is 32.2. The number of hydrogen-bond donors (Lipinski definition) is 2. The van der Waals surface area contributed by atoms with Crippen molar-refractivity contribution in [2.24, 2.45) is 11.7 Å². The van der Waals surface area contributed by atoms with Gasteiger partial charge in [0.2, 0.25) is 5.91 Å². The highest BCUT2D eigenvalue weighted by Crippen LogP contribution is 2.34. The molecule has 10 nitrogen and oxygen atoms in total. The van der Waals surface area contributed by atoms with Crippen molar-refractivity contribution in [2.75, 3.05) is 24.8 Å². The summed E-state index contributed by atoms with van der Waals surface area (Å²) in [5.74, 6) is 0.214. The fourth-order valence-corrected chi connectivity index (χ4v) is 5.20. The Morgan fingerprint density at radius 3 is 2.47 bits per heavy atom. The van der Waals surface area contributed by atoms with E-state index < -0.39 is 11.9 Å². The smallest absolute Gasteiger partial charge is 0.341 e. The summed E-state index contributed by atoms with van der Waals surface area (Å²) in [6.45, 7) is 8.99. The van der Waals surface area contributed by atoms with Crippen LogP contribution in [0.5, 0.6) is 5.75 Å². The Morgan fingerprint density at radius 1 is 1.19 bits per heavy atom. The number of amides is 2. The van der Waals surface area contributed by atoms with Gasteiger partial charge in [-0.2, -0.15) is 0 Å². The number of primary amides is 1. The van der Waals surface area contributed by atoms with Crippen LogP contribution in [0.15, 0.2) is 29.4 Å². The van der Waals surface area contributed by atoms with Gasteiger partial charge in [-0.05, 0) is 49.6 Å². The molecule has 36 heavy (non-hydrogen) atoms. The number of aromatic nitrogens is 3. The molecule has 0 unspecified atom stereocenters. The van der Waals surface area contributed by atoms with Crippen molar-refractivity contribution in [3.63, 3.8) is 0 Å². The lowest BCUT2D eigenvalue weighted by Gasteiger charge is -2.10. The van der Waals surface area contributed by atoms with E-state index in [0.717, 1.165) is 22.6 Å². The molecular formula is C24H29N5O5S2. The van der Waals surface area contributed by atoms with E-state index in [1.165, 1.54) is 18.9 Å². The minimum absolute atomic E-state index is 0.0174. The molecule has 1 aromatic carbocycles. The summed E-state index contributed by atoms with van der Waals surface area (Å²) in [6, 6.07) is 7.65. The number of nitrogens with zero attached hydrogens (tertiary/aromatic N) is 3. The van der Waals surface area contributed by atoms with E-state index in [4.69, 9.17) is 15.2 Å². The first kappa shape index (κ1) is 27.2. The largest absolute Gasteiger partial charge is 0.493 e. The lowest BCUT2D eigenvalue weighted by atomic mass is 10.1. The van der Waals surface area contributed by atoms with Gasteiger partial charge in [-0.25, -0.2) is 4.79 Å². The Balaban J connectivity index is 1.71. The number of thiophene rings is 1. The fourth-order valence-electron chi connectivity index (χ4n) is 3.33. The fraction of sp³-hybridized carbons (Fsp3) is 0.375. The highest BCUT2D eigenvalue weighted by molar-refractivity contribution is 7.99. The van der Waals surface area contributed by atoms with Crippen LogP contribution in [0.1, 0.15) is 46.4 Å². The standard InChI is InChI=1S/C24H29N5O5S2/c1-6-29-21(15-7-9-16(10-8-15)34-11-13(2)3)27-28-24(29)35-12-17(30)26-22-18(23(32)33-5)14(4)19(36-22)20(25)31/h7-10,13H,6,11-12H2,1-5H3,(H2,25,31)(H,26,30). The predicted octanol–water partition coefficient (Wildman–Crippen LogP) is 3.99. The SMILES string of the molecule is CCn1c(SCC(=O)Nc2sc(C(N)=O)c(C)c2C(=O)OC)nnc1-c1ccc(OCC(C)C)cc1. The van der Waals surface area contributed by atoms with Crippen molar-refractivity contribution >= 4 is 45.9 Å². The minimum Gasteiger partial charge on any atom is -0.493 e. The second-order valence-electron chi connectivity index (χ2n) is 8.23. The molecule has 0 aliphatic heterocycles. The number of hydrogen-bond acceptors (Lipinski definition) is 9. The van der Waals surface area contributed by atoms with Crippen LogP contribution in [0.2, 0.25) is 0 Å². The summed E-state index contributed by atoms with van der Waals surface area (Å²) in [5.41, 5.74) is 6.77. The van der Waals surface area contributed by atoms with Crippen LogP contribution < -0.4 is 15.8 Å². The van der Waals surface area contributed by atoms with Gasteiger partial charge in [0.1, 0.15) is 10.8 Å². The zero-order valence-corrected chi connectivity index (χ0v) is 22.4. The van der Waals surface area contributed by atoms with Gasteiger partial charge >= 0.3 is 5.97 Å². The molecule has 3 rings (SSSR count). The van der Waals surface area contributed by atoms with Gasteiger partial charge in [-0.3, -0.25) is 9.59 Å². The number of benzene rings is 1. The van der Waals surface area contributed by atoms with E-state index in [1.807, 2.05) is 35.8 Å². The van der Waals surface area contributed by atoms with Gasteiger partial charge in [0.15, 0.2) is 11.0 Å². The molecule has 0 radical (unpaired) electrons. The van der Waals surface area contributed by atoms with Crippen LogP contribution in [0, 0.1) is 12.8 Å². The molecule has 2 heterocycles. The third-order valence-corrected chi connectivity index (χ3v) is 7.26. The third-order valence-electron chi connectivity index (χ3n) is 5.07. The topological polar surface area (TPSA) is 138 Å². The summed E-state index contributed by atoms with van der Waals surface area (Å²) in [7, 11) is 1.23. The average Bonchev–Trinajstić information content (AvgIpc) is 3.41. The van der Waals surface area contributed by atoms with E-state index >= 15 is 0 Å². The van der Waals surface area contributed by atoms with E-state index in [-0.39, 0.29) is 27.1 Å². The second-order valence-corrected chi connectivity index (χ2v) is 10.2. The van der Waals surface area contributed by atoms with Gasteiger partial charge < -0.3 is 25.1 Å². The Kier molecular flexibility index (Phi) is 9.10. The molecule has 12 heteroatoms. The maximum Gasteiger partial charge on any atom is 0.341 e. The van der Waals surface area contributed by atoms with Crippen molar-refractivity contribution in [3.8, 4) is 17.1 Å². The number of carbonyl (C=O) groups excluding carboxylic acids is 3. The van der Waals surface area contributed by atoms with Crippen LogP contribution in [-0.2, 0) is 16.1 Å². The quantitative estimate of drug-likeness (QED) is 0.280. The first-order valence-corrected chi connectivity index (χ1v) is 13.1. The van der Waals surface area contributed by atoms with Gasteiger partial charge in [0.25, 0.3) is 5.91 Å². The number of thioether (sulfide) groups is 1. The summed E-state index contributed by atoms with van der Waals surface area (Å²) in [4.78, 5) is 36.8. The van der Waals surface area contributed by atoms with Crippen LogP contribution in [0.4, 0.5) is 5.00 Å². The molecule has 0 atom stereocenters. The van der Waals surface area contributed by atoms with Crippen molar-refractivity contribution in [2.45, 2.75) is 39.4 Å². The number of ether oxygens (including phenoxy) is 2. The summed E-state index contributed by atoms with van der Waals surface area (Å²) >= 11 is 2.16. The molecule has 3 N–H and O–H groups in total. The molecule has 0 saturated carbocycles. The molecule has 2 amide bonds. The molecule has 0 aliphatic rings. The second kappa shape index (κ2) is 12.0.